The summed E-state index contributed by atoms with van der Waals surface area (Å²) < 4.78 is 13.4. The van der Waals surface area contributed by atoms with Crippen LogP contribution < -0.4 is 5.32 Å². The van der Waals surface area contributed by atoms with Crippen LogP contribution in [-0.2, 0) is 0 Å². The summed E-state index contributed by atoms with van der Waals surface area (Å²) in [5.41, 5.74) is 3.72. The van der Waals surface area contributed by atoms with Gasteiger partial charge in [0.2, 0.25) is 0 Å². The molecule has 0 unspecified atom stereocenters. The zero-order chi connectivity index (χ0) is 14.0. The molecule has 0 aliphatic carbocycles. The number of hydrogen-bond donors (Lipinski definition) is 1. The van der Waals surface area contributed by atoms with Crippen LogP contribution in [0.2, 0.25) is 0 Å². The van der Waals surface area contributed by atoms with Crippen molar-refractivity contribution in [1.29, 1.82) is 0 Å². The van der Waals surface area contributed by atoms with Crippen molar-refractivity contribution >= 4 is 11.6 Å². The maximum Gasteiger partial charge on any atom is 0.255 e. The number of nitrogens with one attached hydrogen (secondary N) is 1. The molecule has 1 N–H and O–H groups in total. The Morgan fingerprint density at radius 3 is 2.37 bits per heavy atom. The third kappa shape index (κ3) is 2.99. The first-order valence-corrected chi connectivity index (χ1v) is 6.12. The van der Waals surface area contributed by atoms with Crippen LogP contribution in [0.5, 0.6) is 0 Å². The van der Waals surface area contributed by atoms with Crippen LogP contribution in [-0.4, -0.2) is 5.91 Å². The summed E-state index contributed by atoms with van der Waals surface area (Å²) >= 11 is 0. The molecule has 0 aromatic heterocycles. The van der Waals surface area contributed by atoms with Crippen LogP contribution in [0.15, 0.2) is 36.4 Å². The molecule has 0 aliphatic heterocycles. The van der Waals surface area contributed by atoms with Gasteiger partial charge in [-0.15, -0.1) is 0 Å². The lowest BCUT2D eigenvalue weighted by molar-refractivity contribution is 0.102. The van der Waals surface area contributed by atoms with Gasteiger partial charge in [0.1, 0.15) is 5.82 Å². The smallest absolute Gasteiger partial charge is 0.255 e. The van der Waals surface area contributed by atoms with Gasteiger partial charge in [-0.05, 0) is 50.1 Å². The molecule has 98 valence electrons. The SMILES string of the molecule is Cc1ccc(NC(=O)c2ccc(C)c(F)c2)c(C)c1. The number of amides is 1. The first-order chi connectivity index (χ1) is 8.97. The molecule has 0 bridgehead atoms. The maximum atomic E-state index is 13.4. The van der Waals surface area contributed by atoms with Gasteiger partial charge in [-0.1, -0.05) is 23.8 Å². The van der Waals surface area contributed by atoms with E-state index in [1.807, 2.05) is 32.0 Å². The zero-order valence-corrected chi connectivity index (χ0v) is 11.3. The Hall–Kier alpha value is -2.16. The Kier molecular flexibility index (Phi) is 3.65. The van der Waals surface area contributed by atoms with E-state index < -0.39 is 0 Å². The number of rotatable bonds is 2. The molecule has 19 heavy (non-hydrogen) atoms. The van der Waals surface area contributed by atoms with Gasteiger partial charge in [0.25, 0.3) is 5.91 Å². The van der Waals surface area contributed by atoms with Crippen molar-refractivity contribution in [3.8, 4) is 0 Å². The lowest BCUT2D eigenvalue weighted by Crippen LogP contribution is -2.13. The van der Waals surface area contributed by atoms with E-state index in [0.29, 0.717) is 11.1 Å². The number of aryl methyl sites for hydroxylation is 3. The van der Waals surface area contributed by atoms with Crippen molar-refractivity contribution in [3.05, 3.63) is 64.5 Å². The lowest BCUT2D eigenvalue weighted by Gasteiger charge is -2.09. The summed E-state index contributed by atoms with van der Waals surface area (Å²) in [6.45, 7) is 5.59. The van der Waals surface area contributed by atoms with E-state index in [9.17, 15) is 9.18 Å². The minimum atomic E-state index is -0.367. The van der Waals surface area contributed by atoms with Gasteiger partial charge >= 0.3 is 0 Å². The summed E-state index contributed by atoms with van der Waals surface area (Å²) in [5, 5.41) is 2.79. The standard InChI is InChI=1S/C16H16FNO/c1-10-4-7-15(12(3)8-10)18-16(19)13-6-5-11(2)14(17)9-13/h4-9H,1-3H3,(H,18,19). The molecule has 0 atom stereocenters. The van der Waals surface area contributed by atoms with E-state index in [1.165, 1.54) is 6.07 Å². The van der Waals surface area contributed by atoms with Crippen LogP contribution in [0.3, 0.4) is 0 Å². The molecule has 2 aromatic carbocycles. The number of carbonyl (C=O) groups is 1. The lowest BCUT2D eigenvalue weighted by atomic mass is 10.1. The molecule has 0 saturated carbocycles. The van der Waals surface area contributed by atoms with Crippen LogP contribution in [0.4, 0.5) is 10.1 Å². The average molecular weight is 257 g/mol. The first kappa shape index (κ1) is 13.3. The Morgan fingerprint density at radius 1 is 1.00 bits per heavy atom. The van der Waals surface area contributed by atoms with Crippen LogP contribution >= 0.6 is 0 Å². The molecule has 2 aromatic rings. The predicted molar refractivity (Wildman–Crippen MR) is 75.0 cm³/mol. The first-order valence-electron chi connectivity index (χ1n) is 6.12. The van der Waals surface area contributed by atoms with Crippen molar-refractivity contribution in [2.24, 2.45) is 0 Å². The Bertz CT molecular complexity index is 635. The second kappa shape index (κ2) is 5.22. The highest BCUT2D eigenvalue weighted by Crippen LogP contribution is 2.17. The van der Waals surface area contributed by atoms with E-state index in [1.54, 1.807) is 19.1 Å². The largest absolute Gasteiger partial charge is 0.322 e. The zero-order valence-electron chi connectivity index (χ0n) is 11.3. The quantitative estimate of drug-likeness (QED) is 0.865. The predicted octanol–water partition coefficient (Wildman–Crippen LogP) is 4.00. The van der Waals surface area contributed by atoms with Gasteiger partial charge in [0.05, 0.1) is 0 Å². The molecule has 3 heteroatoms. The van der Waals surface area contributed by atoms with E-state index >= 15 is 0 Å². The minimum absolute atomic E-state index is 0.300. The normalized spacial score (nSPS) is 10.3. The fourth-order valence-corrected chi connectivity index (χ4v) is 1.88. The van der Waals surface area contributed by atoms with Crippen molar-refractivity contribution in [2.45, 2.75) is 20.8 Å². The Morgan fingerprint density at radius 2 is 1.74 bits per heavy atom. The summed E-state index contributed by atoms with van der Waals surface area (Å²) in [5.74, 6) is -0.667. The Labute approximate surface area is 112 Å². The molecule has 0 heterocycles. The topological polar surface area (TPSA) is 29.1 Å². The van der Waals surface area contributed by atoms with Crippen molar-refractivity contribution < 1.29 is 9.18 Å². The number of benzene rings is 2. The highest BCUT2D eigenvalue weighted by molar-refractivity contribution is 6.04. The number of halogens is 1. The second-order valence-electron chi connectivity index (χ2n) is 4.74. The maximum absolute atomic E-state index is 13.4. The summed E-state index contributed by atoms with van der Waals surface area (Å²) in [7, 11) is 0. The van der Waals surface area contributed by atoms with E-state index in [-0.39, 0.29) is 11.7 Å². The number of carbonyl (C=O) groups excluding carboxylic acids is 1. The average Bonchev–Trinajstić information content (AvgIpc) is 2.36. The number of anilines is 1. The molecule has 2 rings (SSSR count). The highest BCUT2D eigenvalue weighted by Gasteiger charge is 2.09. The van der Waals surface area contributed by atoms with Gasteiger partial charge in [0, 0.05) is 11.3 Å². The van der Waals surface area contributed by atoms with E-state index in [4.69, 9.17) is 0 Å². The van der Waals surface area contributed by atoms with E-state index in [0.717, 1.165) is 16.8 Å². The monoisotopic (exact) mass is 257 g/mol. The van der Waals surface area contributed by atoms with Crippen LogP contribution in [0, 0.1) is 26.6 Å². The molecule has 0 saturated heterocycles. The van der Waals surface area contributed by atoms with Gasteiger partial charge in [-0.25, -0.2) is 4.39 Å². The van der Waals surface area contributed by atoms with Gasteiger partial charge < -0.3 is 5.32 Å². The van der Waals surface area contributed by atoms with Gasteiger partial charge in [0.15, 0.2) is 0 Å². The van der Waals surface area contributed by atoms with Crippen molar-refractivity contribution in [1.82, 2.24) is 0 Å². The fourth-order valence-electron chi connectivity index (χ4n) is 1.88. The van der Waals surface area contributed by atoms with Gasteiger partial charge in [-0.3, -0.25) is 4.79 Å². The molecular weight excluding hydrogens is 241 g/mol. The molecule has 2 nitrogen and oxygen atoms in total. The summed E-state index contributed by atoms with van der Waals surface area (Å²) in [6.07, 6.45) is 0. The number of hydrogen-bond acceptors (Lipinski definition) is 1. The van der Waals surface area contributed by atoms with Crippen LogP contribution in [0.1, 0.15) is 27.0 Å². The molecule has 0 radical (unpaired) electrons. The second-order valence-corrected chi connectivity index (χ2v) is 4.74. The van der Waals surface area contributed by atoms with Gasteiger partial charge in [-0.2, -0.15) is 0 Å². The molecule has 1 amide bonds. The molecular formula is C16H16FNO. The van der Waals surface area contributed by atoms with Crippen molar-refractivity contribution in [2.75, 3.05) is 5.32 Å². The van der Waals surface area contributed by atoms with E-state index in [2.05, 4.69) is 5.32 Å². The minimum Gasteiger partial charge on any atom is -0.322 e. The molecule has 0 spiro atoms. The third-order valence-corrected chi connectivity index (χ3v) is 3.06. The molecule has 0 aliphatic rings. The summed E-state index contributed by atoms with van der Waals surface area (Å²) in [6, 6.07) is 10.3. The molecule has 0 fully saturated rings. The summed E-state index contributed by atoms with van der Waals surface area (Å²) in [4.78, 5) is 12.0. The third-order valence-electron chi connectivity index (χ3n) is 3.06. The Balaban J connectivity index is 2.23. The van der Waals surface area contributed by atoms with Crippen LogP contribution in [0.25, 0.3) is 0 Å². The fraction of sp³-hybridized carbons (Fsp3) is 0.188. The highest BCUT2D eigenvalue weighted by atomic mass is 19.1. The van der Waals surface area contributed by atoms with Crippen molar-refractivity contribution in [3.63, 3.8) is 0 Å².